The molecule has 6 nitrogen and oxygen atoms in total. The van der Waals surface area contributed by atoms with Crippen LogP contribution in [0, 0.1) is 6.92 Å². The quantitative estimate of drug-likeness (QED) is 0.556. The Morgan fingerprint density at radius 2 is 2.12 bits per heavy atom. The monoisotopic (exact) mass is 352 g/mol. The smallest absolute Gasteiger partial charge is 0.247 e. The lowest BCUT2D eigenvalue weighted by Gasteiger charge is -2.16. The molecule has 0 aliphatic carbocycles. The number of nitrogens with zero attached hydrogens (tertiary/aromatic N) is 3. The number of hydrogen-bond acceptors (Lipinski definition) is 7. The number of anilines is 1. The molecule has 1 aliphatic rings. The van der Waals surface area contributed by atoms with E-state index in [0.29, 0.717) is 28.2 Å². The second-order valence-corrected chi connectivity index (χ2v) is 6.47. The fourth-order valence-electron chi connectivity index (χ4n) is 2.56. The van der Waals surface area contributed by atoms with Crippen molar-refractivity contribution in [3.63, 3.8) is 0 Å². The summed E-state index contributed by atoms with van der Waals surface area (Å²) in [5, 5.41) is 12.4. The standard InChI is InChI=1S/C18H16N4O2S/c1-3-10-25-18-20-17-15(21-22-18)12-6-4-5-7-13(12)19-16(24-17)14-9-8-11(2)23-14/h3-9,16,19H,1,10H2,2H3. The number of nitrogens with one attached hydrogen (secondary N) is 1. The van der Waals surface area contributed by atoms with Crippen LogP contribution >= 0.6 is 11.8 Å². The van der Waals surface area contributed by atoms with Gasteiger partial charge in [0, 0.05) is 17.0 Å². The van der Waals surface area contributed by atoms with Crippen LogP contribution in [0.5, 0.6) is 5.88 Å². The molecule has 1 N–H and O–H groups in total. The van der Waals surface area contributed by atoms with Crippen LogP contribution in [-0.4, -0.2) is 20.9 Å². The van der Waals surface area contributed by atoms with Gasteiger partial charge in [-0.15, -0.1) is 16.8 Å². The number of fused-ring (bicyclic) bond motifs is 3. The normalized spacial score (nSPS) is 15.3. The van der Waals surface area contributed by atoms with Gasteiger partial charge in [-0.1, -0.05) is 36.0 Å². The average Bonchev–Trinajstić information content (AvgIpc) is 2.99. The molecular weight excluding hydrogens is 336 g/mol. The van der Waals surface area contributed by atoms with Gasteiger partial charge in [0.2, 0.25) is 17.3 Å². The molecule has 0 radical (unpaired) electrons. The summed E-state index contributed by atoms with van der Waals surface area (Å²) < 4.78 is 11.8. The Hall–Kier alpha value is -2.80. The number of ether oxygens (including phenoxy) is 1. The predicted molar refractivity (Wildman–Crippen MR) is 96.6 cm³/mol. The Balaban J connectivity index is 1.80. The third-order valence-electron chi connectivity index (χ3n) is 3.68. The Morgan fingerprint density at radius 1 is 1.24 bits per heavy atom. The lowest BCUT2D eigenvalue weighted by Crippen LogP contribution is -2.16. The van der Waals surface area contributed by atoms with Crippen LogP contribution in [0.15, 0.2) is 58.6 Å². The average molecular weight is 352 g/mol. The van der Waals surface area contributed by atoms with Gasteiger partial charge in [0.1, 0.15) is 5.76 Å². The van der Waals surface area contributed by atoms with Crippen molar-refractivity contribution in [2.24, 2.45) is 0 Å². The second kappa shape index (κ2) is 6.60. The third-order valence-corrected chi connectivity index (χ3v) is 4.52. The number of aromatic nitrogens is 3. The maximum absolute atomic E-state index is 6.10. The third kappa shape index (κ3) is 3.10. The summed E-state index contributed by atoms with van der Waals surface area (Å²) in [6.45, 7) is 5.61. The first-order valence-corrected chi connectivity index (χ1v) is 8.80. The van der Waals surface area contributed by atoms with E-state index in [1.807, 2.05) is 43.3 Å². The SMILES string of the molecule is C=CCSc1nnc2c(n1)OC(c1ccc(C)o1)Nc1ccccc1-2. The van der Waals surface area contributed by atoms with Crippen molar-refractivity contribution < 1.29 is 9.15 Å². The van der Waals surface area contributed by atoms with Crippen molar-refractivity contribution in [2.45, 2.75) is 18.3 Å². The van der Waals surface area contributed by atoms with Gasteiger partial charge in [0.15, 0.2) is 11.5 Å². The minimum Gasteiger partial charge on any atom is -0.460 e. The molecule has 0 saturated heterocycles. The van der Waals surface area contributed by atoms with Crippen LogP contribution < -0.4 is 10.1 Å². The molecule has 126 valence electrons. The predicted octanol–water partition coefficient (Wildman–Crippen LogP) is 4.22. The molecule has 0 saturated carbocycles. The minimum atomic E-state index is -0.495. The molecule has 4 rings (SSSR count). The molecule has 7 heteroatoms. The molecule has 1 aliphatic heterocycles. The summed E-state index contributed by atoms with van der Waals surface area (Å²) in [6.07, 6.45) is 1.30. The summed E-state index contributed by atoms with van der Waals surface area (Å²) in [5.74, 6) is 2.63. The van der Waals surface area contributed by atoms with E-state index in [0.717, 1.165) is 17.0 Å². The van der Waals surface area contributed by atoms with Gasteiger partial charge >= 0.3 is 0 Å². The Kier molecular flexibility index (Phi) is 4.15. The van der Waals surface area contributed by atoms with Gasteiger partial charge in [-0.3, -0.25) is 0 Å². The van der Waals surface area contributed by atoms with Gasteiger partial charge in [0.25, 0.3) is 0 Å². The highest BCUT2D eigenvalue weighted by atomic mass is 32.2. The first-order valence-electron chi connectivity index (χ1n) is 7.82. The molecule has 25 heavy (non-hydrogen) atoms. The number of hydrogen-bond donors (Lipinski definition) is 1. The van der Waals surface area contributed by atoms with Crippen LogP contribution in [0.4, 0.5) is 5.69 Å². The number of aryl methyl sites for hydroxylation is 1. The molecule has 3 aromatic rings. The van der Waals surface area contributed by atoms with Gasteiger partial charge in [-0.2, -0.15) is 4.98 Å². The van der Waals surface area contributed by atoms with Crippen LogP contribution in [0.3, 0.4) is 0 Å². The van der Waals surface area contributed by atoms with Crippen molar-refractivity contribution in [2.75, 3.05) is 11.1 Å². The molecular formula is C18H16N4O2S. The Bertz CT molecular complexity index is 925. The van der Waals surface area contributed by atoms with Crippen LogP contribution in [0.25, 0.3) is 11.3 Å². The molecule has 0 fully saturated rings. The van der Waals surface area contributed by atoms with Gasteiger partial charge in [-0.25, -0.2) is 0 Å². The fourth-order valence-corrected chi connectivity index (χ4v) is 3.08. The minimum absolute atomic E-state index is 0.429. The Labute approximate surface area is 149 Å². The maximum atomic E-state index is 6.10. The van der Waals surface area contributed by atoms with E-state index in [4.69, 9.17) is 9.15 Å². The number of para-hydroxylation sites is 1. The van der Waals surface area contributed by atoms with E-state index in [9.17, 15) is 0 Å². The van der Waals surface area contributed by atoms with E-state index in [-0.39, 0.29) is 0 Å². The summed E-state index contributed by atoms with van der Waals surface area (Å²) in [5.41, 5.74) is 2.39. The van der Waals surface area contributed by atoms with Crippen molar-refractivity contribution in [1.29, 1.82) is 0 Å². The van der Waals surface area contributed by atoms with E-state index in [2.05, 4.69) is 27.1 Å². The molecule has 1 unspecified atom stereocenters. The van der Waals surface area contributed by atoms with Crippen LogP contribution in [-0.2, 0) is 0 Å². The molecule has 0 amide bonds. The zero-order valence-electron chi connectivity index (χ0n) is 13.6. The van der Waals surface area contributed by atoms with Crippen LogP contribution in [0.1, 0.15) is 17.7 Å². The van der Waals surface area contributed by atoms with Gasteiger partial charge < -0.3 is 14.5 Å². The summed E-state index contributed by atoms with van der Waals surface area (Å²) >= 11 is 1.46. The van der Waals surface area contributed by atoms with Crippen LogP contribution in [0.2, 0.25) is 0 Å². The van der Waals surface area contributed by atoms with Crippen molar-refractivity contribution in [3.05, 3.63) is 60.6 Å². The van der Waals surface area contributed by atoms with Crippen molar-refractivity contribution in [3.8, 4) is 17.1 Å². The first kappa shape index (κ1) is 15.7. The lowest BCUT2D eigenvalue weighted by molar-refractivity contribution is 0.194. The number of benzene rings is 1. The molecule has 1 aromatic carbocycles. The lowest BCUT2D eigenvalue weighted by atomic mass is 10.1. The zero-order chi connectivity index (χ0) is 17.2. The topological polar surface area (TPSA) is 73.1 Å². The van der Waals surface area contributed by atoms with Crippen molar-refractivity contribution >= 4 is 17.4 Å². The largest absolute Gasteiger partial charge is 0.460 e. The summed E-state index contributed by atoms with van der Waals surface area (Å²) in [7, 11) is 0. The highest BCUT2D eigenvalue weighted by Gasteiger charge is 2.27. The molecule has 0 spiro atoms. The maximum Gasteiger partial charge on any atom is 0.247 e. The molecule has 3 heterocycles. The van der Waals surface area contributed by atoms with E-state index < -0.39 is 6.23 Å². The zero-order valence-corrected chi connectivity index (χ0v) is 14.4. The van der Waals surface area contributed by atoms with Gasteiger partial charge in [0.05, 0.1) is 0 Å². The number of rotatable bonds is 4. The highest BCUT2D eigenvalue weighted by molar-refractivity contribution is 7.99. The van der Waals surface area contributed by atoms with Gasteiger partial charge in [-0.05, 0) is 25.1 Å². The van der Waals surface area contributed by atoms with E-state index in [1.165, 1.54) is 11.8 Å². The summed E-state index contributed by atoms with van der Waals surface area (Å²) in [6, 6.07) is 11.6. The number of thioether (sulfide) groups is 1. The van der Waals surface area contributed by atoms with E-state index in [1.54, 1.807) is 6.08 Å². The second-order valence-electron chi connectivity index (χ2n) is 5.48. The molecule has 2 aromatic heterocycles. The van der Waals surface area contributed by atoms with Crippen molar-refractivity contribution in [1.82, 2.24) is 15.2 Å². The molecule has 1 atom stereocenters. The molecule has 0 bridgehead atoms. The Morgan fingerprint density at radius 3 is 2.92 bits per heavy atom. The van der Waals surface area contributed by atoms with E-state index >= 15 is 0 Å². The first-order chi connectivity index (χ1) is 12.2. The highest BCUT2D eigenvalue weighted by Crippen LogP contribution is 2.39. The number of furan rings is 1. The fraction of sp³-hybridized carbons (Fsp3) is 0.167. The summed E-state index contributed by atoms with van der Waals surface area (Å²) in [4.78, 5) is 4.53.